The summed E-state index contributed by atoms with van der Waals surface area (Å²) >= 11 is 6.06. The molecule has 135 valence electrons. The predicted octanol–water partition coefficient (Wildman–Crippen LogP) is 4.93. The van der Waals surface area contributed by atoms with Crippen LogP contribution in [-0.4, -0.2) is 14.0 Å². The van der Waals surface area contributed by atoms with Gasteiger partial charge in [0.05, 0.1) is 5.02 Å². The summed E-state index contributed by atoms with van der Waals surface area (Å²) in [7, 11) is -1.45. The smallest absolute Gasteiger partial charge is 0.218 e. The van der Waals surface area contributed by atoms with E-state index in [-0.39, 0.29) is 22.8 Å². The molecule has 3 nitrogen and oxygen atoms in total. The summed E-state index contributed by atoms with van der Waals surface area (Å²) in [6.45, 7) is 6.51. The first kappa shape index (κ1) is 20.0. The van der Waals surface area contributed by atoms with E-state index < -0.39 is 19.8 Å². The first-order valence-corrected chi connectivity index (χ1v) is 11.9. The molecular formula is C20H20ClFNO2Si. The van der Waals surface area contributed by atoms with Crippen molar-refractivity contribution in [2.75, 3.05) is 0 Å². The Morgan fingerprint density at radius 3 is 2.46 bits per heavy atom. The van der Waals surface area contributed by atoms with Crippen LogP contribution < -0.4 is 10.5 Å². The number of halogens is 2. The van der Waals surface area contributed by atoms with Gasteiger partial charge in [0.15, 0.2) is 11.6 Å². The van der Waals surface area contributed by atoms with E-state index in [1.807, 2.05) is 12.1 Å². The van der Waals surface area contributed by atoms with E-state index in [4.69, 9.17) is 22.1 Å². The third kappa shape index (κ3) is 5.90. The first-order chi connectivity index (χ1) is 12.2. The van der Waals surface area contributed by atoms with Crippen LogP contribution in [0.2, 0.25) is 24.7 Å². The monoisotopic (exact) mass is 388 g/mol. The van der Waals surface area contributed by atoms with Gasteiger partial charge in [0, 0.05) is 18.4 Å². The number of rotatable bonds is 5. The van der Waals surface area contributed by atoms with Crippen molar-refractivity contribution in [2.24, 2.45) is 5.73 Å². The Bertz CT molecular complexity index is 864. The van der Waals surface area contributed by atoms with Crippen LogP contribution in [0.25, 0.3) is 0 Å². The summed E-state index contributed by atoms with van der Waals surface area (Å²) in [5, 5.41) is 0.140. The van der Waals surface area contributed by atoms with E-state index >= 15 is 0 Å². The largest absolute Gasteiger partial charge is 0.453 e. The molecule has 0 aliphatic heterocycles. The standard InChI is InChI=1S/C20H20ClFNO2Si/c1-26(2,3)13-12-14-4-8-16(9-5-14)25-20-17(21)10-6-15(19(20)22)7-11-18(23)24/h4-10H,11H2,1-3H3,(H2,23,24). The molecule has 0 spiro atoms. The molecule has 0 heterocycles. The Kier molecular flexibility index (Phi) is 6.46. The minimum atomic E-state index is -1.45. The van der Waals surface area contributed by atoms with Gasteiger partial charge >= 0.3 is 0 Å². The van der Waals surface area contributed by atoms with Crippen LogP contribution in [0.1, 0.15) is 17.5 Å². The van der Waals surface area contributed by atoms with E-state index in [0.717, 1.165) is 5.56 Å². The lowest BCUT2D eigenvalue weighted by Gasteiger charge is -2.11. The average molecular weight is 389 g/mol. The van der Waals surface area contributed by atoms with Gasteiger partial charge in [0.25, 0.3) is 0 Å². The van der Waals surface area contributed by atoms with Gasteiger partial charge in [-0.1, -0.05) is 43.2 Å². The molecule has 2 N–H and O–H groups in total. The Hall–Kier alpha value is -2.29. The SMILES string of the molecule is C[Si](C)(C)C#Cc1ccc(Oc2c(Cl)ccc([CH]CC(N)=O)c2F)cc1. The van der Waals surface area contributed by atoms with Crippen LogP contribution in [0.5, 0.6) is 11.5 Å². The van der Waals surface area contributed by atoms with Crippen LogP contribution in [0.4, 0.5) is 4.39 Å². The zero-order valence-electron chi connectivity index (χ0n) is 14.9. The first-order valence-electron chi connectivity index (χ1n) is 8.06. The zero-order valence-corrected chi connectivity index (χ0v) is 16.7. The fraction of sp³-hybridized carbons (Fsp3) is 0.200. The molecule has 1 radical (unpaired) electrons. The van der Waals surface area contributed by atoms with Gasteiger partial charge in [0.2, 0.25) is 5.91 Å². The maximum Gasteiger partial charge on any atom is 0.218 e. The van der Waals surface area contributed by atoms with Gasteiger partial charge in [-0.25, -0.2) is 4.39 Å². The van der Waals surface area contributed by atoms with Gasteiger partial charge in [-0.05, 0) is 35.9 Å². The predicted molar refractivity (Wildman–Crippen MR) is 105 cm³/mol. The van der Waals surface area contributed by atoms with E-state index in [1.165, 1.54) is 18.6 Å². The maximum atomic E-state index is 14.6. The topological polar surface area (TPSA) is 52.3 Å². The fourth-order valence-electron chi connectivity index (χ4n) is 1.99. The van der Waals surface area contributed by atoms with Crippen molar-refractivity contribution in [3.63, 3.8) is 0 Å². The van der Waals surface area contributed by atoms with Crippen LogP contribution in [0.3, 0.4) is 0 Å². The minimum absolute atomic E-state index is 0.0670. The van der Waals surface area contributed by atoms with E-state index in [1.54, 1.807) is 12.1 Å². The number of primary amides is 1. The Balaban J connectivity index is 2.21. The van der Waals surface area contributed by atoms with Crippen molar-refractivity contribution in [3.8, 4) is 23.0 Å². The van der Waals surface area contributed by atoms with Gasteiger partial charge < -0.3 is 10.5 Å². The number of carbonyl (C=O) groups is 1. The van der Waals surface area contributed by atoms with Crippen molar-refractivity contribution >= 4 is 25.6 Å². The van der Waals surface area contributed by atoms with Crippen molar-refractivity contribution < 1.29 is 13.9 Å². The summed E-state index contributed by atoms with van der Waals surface area (Å²) in [5.41, 5.74) is 9.45. The molecule has 0 aromatic heterocycles. The molecule has 2 rings (SSSR count). The van der Waals surface area contributed by atoms with E-state index in [2.05, 4.69) is 31.1 Å². The summed E-state index contributed by atoms with van der Waals surface area (Å²) < 4.78 is 20.2. The summed E-state index contributed by atoms with van der Waals surface area (Å²) in [6.07, 6.45) is 1.33. The molecule has 0 unspecified atom stereocenters. The Labute approximate surface area is 159 Å². The molecule has 26 heavy (non-hydrogen) atoms. The molecule has 0 saturated heterocycles. The second-order valence-electron chi connectivity index (χ2n) is 6.78. The van der Waals surface area contributed by atoms with Gasteiger partial charge in [-0.2, -0.15) is 0 Å². The average Bonchev–Trinajstić information content (AvgIpc) is 2.56. The molecule has 0 saturated carbocycles. The van der Waals surface area contributed by atoms with Crippen LogP contribution in [-0.2, 0) is 4.79 Å². The quantitative estimate of drug-likeness (QED) is 0.583. The van der Waals surface area contributed by atoms with Crippen LogP contribution >= 0.6 is 11.6 Å². The normalized spacial score (nSPS) is 10.8. The molecule has 2 aromatic carbocycles. The highest BCUT2D eigenvalue weighted by atomic mass is 35.5. The molecule has 1 amide bonds. The molecule has 2 aromatic rings. The molecule has 6 heteroatoms. The van der Waals surface area contributed by atoms with Crippen LogP contribution in [0, 0.1) is 23.7 Å². The lowest BCUT2D eigenvalue weighted by Crippen LogP contribution is -2.16. The minimum Gasteiger partial charge on any atom is -0.453 e. The molecule has 0 bridgehead atoms. The maximum absolute atomic E-state index is 14.6. The summed E-state index contributed by atoms with van der Waals surface area (Å²) in [4.78, 5) is 10.9. The van der Waals surface area contributed by atoms with Crippen molar-refractivity contribution in [2.45, 2.75) is 26.1 Å². The number of benzene rings is 2. The molecule has 0 atom stereocenters. The number of ether oxygens (including phenoxy) is 1. The Morgan fingerprint density at radius 2 is 1.88 bits per heavy atom. The lowest BCUT2D eigenvalue weighted by molar-refractivity contribution is -0.117. The number of nitrogens with two attached hydrogens (primary N) is 1. The van der Waals surface area contributed by atoms with Gasteiger partial charge in [-0.3, -0.25) is 4.79 Å². The van der Waals surface area contributed by atoms with Gasteiger partial charge in [0.1, 0.15) is 13.8 Å². The molecule has 0 aliphatic carbocycles. The van der Waals surface area contributed by atoms with Crippen molar-refractivity contribution in [1.82, 2.24) is 0 Å². The summed E-state index contributed by atoms with van der Waals surface area (Å²) in [5.74, 6) is 2.31. The van der Waals surface area contributed by atoms with Gasteiger partial charge in [-0.15, -0.1) is 5.54 Å². The highest BCUT2D eigenvalue weighted by Gasteiger charge is 2.15. The second kappa shape index (κ2) is 8.39. The summed E-state index contributed by atoms with van der Waals surface area (Å²) in [6, 6.07) is 10.0. The fourth-order valence-corrected chi connectivity index (χ4v) is 2.70. The Morgan fingerprint density at radius 1 is 1.23 bits per heavy atom. The molecule has 0 aliphatic rings. The number of amides is 1. The second-order valence-corrected chi connectivity index (χ2v) is 11.9. The van der Waals surface area contributed by atoms with E-state index in [9.17, 15) is 9.18 Å². The van der Waals surface area contributed by atoms with Crippen molar-refractivity contribution in [3.05, 3.63) is 64.8 Å². The third-order valence-electron chi connectivity index (χ3n) is 3.26. The molecular weight excluding hydrogens is 369 g/mol. The number of carbonyl (C=O) groups excluding carboxylic acids is 1. The van der Waals surface area contributed by atoms with Crippen molar-refractivity contribution in [1.29, 1.82) is 0 Å². The van der Waals surface area contributed by atoms with Crippen LogP contribution in [0.15, 0.2) is 36.4 Å². The number of hydrogen-bond acceptors (Lipinski definition) is 2. The highest BCUT2D eigenvalue weighted by Crippen LogP contribution is 2.34. The highest BCUT2D eigenvalue weighted by molar-refractivity contribution is 6.83. The van der Waals surface area contributed by atoms with E-state index in [0.29, 0.717) is 5.75 Å². The number of hydrogen-bond donors (Lipinski definition) is 1. The lowest BCUT2D eigenvalue weighted by atomic mass is 10.1. The third-order valence-corrected chi connectivity index (χ3v) is 4.43. The molecule has 0 fully saturated rings. The zero-order chi connectivity index (χ0) is 19.3.